The van der Waals surface area contributed by atoms with E-state index in [1.54, 1.807) is 18.7 Å². The molecule has 0 bridgehead atoms. The molecule has 0 saturated carbocycles. The zero-order valence-electron chi connectivity index (χ0n) is 25.7. The molecule has 0 unspecified atom stereocenters. The highest BCUT2D eigenvalue weighted by molar-refractivity contribution is 5.98. The Balaban J connectivity index is 0.00000353. The second-order valence-corrected chi connectivity index (χ2v) is 11.1. The van der Waals surface area contributed by atoms with Crippen molar-refractivity contribution in [2.75, 3.05) is 18.5 Å². The Morgan fingerprint density at radius 1 is 1.00 bits per heavy atom. The predicted molar refractivity (Wildman–Crippen MR) is 182 cm³/mol. The topological polar surface area (TPSA) is 161 Å². The number of anilines is 1. The van der Waals surface area contributed by atoms with Gasteiger partial charge in [-0.15, -0.1) is 37.2 Å². The first kappa shape index (κ1) is 40.3. The number of nitrogens with one attached hydrogen (secondary N) is 3. The lowest BCUT2D eigenvalue weighted by Crippen LogP contribution is -2.56. The van der Waals surface area contributed by atoms with Gasteiger partial charge in [0, 0.05) is 19.3 Å². The molecular formula is C31H42Cl3N7O5. The van der Waals surface area contributed by atoms with Crippen LogP contribution in [0, 0.1) is 0 Å². The molecule has 0 radical (unpaired) electrons. The first-order chi connectivity index (χ1) is 20.6. The molecule has 1 saturated heterocycles. The molecule has 4 amide bonds. The average Bonchev–Trinajstić information content (AvgIpc) is 3.66. The lowest BCUT2D eigenvalue weighted by molar-refractivity contribution is -0.139. The van der Waals surface area contributed by atoms with Gasteiger partial charge in [0.25, 0.3) is 5.91 Å². The first-order valence-electron chi connectivity index (χ1n) is 14.3. The second-order valence-electron chi connectivity index (χ2n) is 11.1. The molecule has 0 aliphatic carbocycles. The number of hydrogen-bond donors (Lipinski definition) is 4. The fraction of sp³-hybridized carbons (Fsp3) is 0.387. The minimum atomic E-state index is -1.20. The predicted octanol–water partition coefficient (Wildman–Crippen LogP) is 2.83. The molecule has 1 aliphatic heterocycles. The highest BCUT2D eigenvalue weighted by atomic mass is 35.5. The minimum Gasteiger partial charge on any atom is -0.374 e. The van der Waals surface area contributed by atoms with Crippen LogP contribution < -0.4 is 21.7 Å². The van der Waals surface area contributed by atoms with E-state index in [1.165, 1.54) is 17.1 Å². The zero-order chi connectivity index (χ0) is 30.8. The largest absolute Gasteiger partial charge is 0.374 e. The van der Waals surface area contributed by atoms with Gasteiger partial charge in [-0.2, -0.15) is 0 Å². The van der Waals surface area contributed by atoms with Crippen LogP contribution in [0.25, 0.3) is 0 Å². The van der Waals surface area contributed by atoms with Crippen LogP contribution in [0.2, 0.25) is 0 Å². The third kappa shape index (κ3) is 11.9. The Kier molecular flexibility index (Phi) is 16.7. The van der Waals surface area contributed by atoms with Crippen molar-refractivity contribution in [3.8, 4) is 0 Å². The Bertz CT molecular complexity index is 1400. The Morgan fingerprint density at radius 2 is 1.63 bits per heavy atom. The molecule has 2 heterocycles. The van der Waals surface area contributed by atoms with Crippen LogP contribution in [-0.2, 0) is 43.6 Å². The molecule has 2 atom stereocenters. The summed E-state index contributed by atoms with van der Waals surface area (Å²) in [5.74, 6) is -1.27. The summed E-state index contributed by atoms with van der Waals surface area (Å²) in [5.41, 5.74) is 6.61. The third-order valence-electron chi connectivity index (χ3n) is 6.99. The van der Waals surface area contributed by atoms with Crippen molar-refractivity contribution < 1.29 is 23.9 Å². The number of rotatable bonds is 13. The van der Waals surface area contributed by atoms with E-state index in [-0.39, 0.29) is 74.6 Å². The van der Waals surface area contributed by atoms with Crippen LogP contribution in [0.15, 0.2) is 73.2 Å². The summed E-state index contributed by atoms with van der Waals surface area (Å²) in [6.07, 6.45) is 4.28. The summed E-state index contributed by atoms with van der Waals surface area (Å²) in [6, 6.07) is 17.5. The van der Waals surface area contributed by atoms with Gasteiger partial charge in [-0.1, -0.05) is 60.7 Å². The number of likely N-dealkylation sites (tertiary alicyclic amines) is 1. The van der Waals surface area contributed by atoms with Crippen LogP contribution in [0.4, 0.5) is 5.82 Å². The van der Waals surface area contributed by atoms with Crippen LogP contribution in [-0.4, -0.2) is 68.9 Å². The minimum absolute atomic E-state index is 0. The van der Waals surface area contributed by atoms with Crippen molar-refractivity contribution in [2.24, 2.45) is 5.73 Å². The third-order valence-corrected chi connectivity index (χ3v) is 6.99. The molecule has 2 aromatic carbocycles. The maximum absolute atomic E-state index is 13.1. The average molecular weight is 699 g/mol. The van der Waals surface area contributed by atoms with E-state index in [2.05, 4.69) is 20.9 Å². The van der Waals surface area contributed by atoms with E-state index in [0.717, 1.165) is 17.5 Å². The van der Waals surface area contributed by atoms with E-state index < -0.39 is 29.4 Å². The molecule has 3 aromatic rings. The number of halogens is 3. The molecule has 12 nitrogen and oxygen atoms in total. The summed E-state index contributed by atoms with van der Waals surface area (Å²) in [6.45, 7) is 4.08. The Labute approximate surface area is 287 Å². The number of carbonyl (C=O) groups is 4. The normalized spacial score (nSPS) is 14.5. The van der Waals surface area contributed by atoms with Crippen molar-refractivity contribution in [1.29, 1.82) is 0 Å². The Morgan fingerprint density at radius 3 is 2.26 bits per heavy atom. The van der Waals surface area contributed by atoms with E-state index in [0.29, 0.717) is 19.5 Å². The maximum atomic E-state index is 13.1. The van der Waals surface area contributed by atoms with Gasteiger partial charge >= 0.3 is 0 Å². The number of ether oxygens (including phenoxy) is 1. The standard InChI is InChI=1S/C31H39N7O5.3ClH/c1-31(2,32)30(42)35-24(20-43-19-23-12-7-4-8-13-23)28(40)36-26-17-37(21-34-26)18-27(39)38-15-9-14-25(38)29(41)33-16-22-10-5-3-6-11-22;;;/h3-8,10-13,17,21,24-25H,9,14-16,18-20,32H2,1-2H3,(H,33,41)(H,35,42)(H,36,40);3*1H/t24-,25-;;;/m1.../s1. The van der Waals surface area contributed by atoms with Gasteiger partial charge in [-0.05, 0) is 37.8 Å². The molecule has 46 heavy (non-hydrogen) atoms. The fourth-order valence-corrected chi connectivity index (χ4v) is 4.61. The molecular weight excluding hydrogens is 657 g/mol. The van der Waals surface area contributed by atoms with Crippen LogP contribution in [0.5, 0.6) is 0 Å². The Hall–Kier alpha value is -3.68. The van der Waals surface area contributed by atoms with Gasteiger partial charge in [-0.25, -0.2) is 4.98 Å². The number of carbonyl (C=O) groups excluding carboxylic acids is 4. The second kappa shape index (κ2) is 19.1. The quantitative estimate of drug-likeness (QED) is 0.214. The maximum Gasteiger partial charge on any atom is 0.250 e. The van der Waals surface area contributed by atoms with Gasteiger partial charge in [0.05, 0.1) is 25.1 Å². The lowest BCUT2D eigenvalue weighted by atomic mass is 10.1. The number of imidazole rings is 1. The van der Waals surface area contributed by atoms with Gasteiger partial charge in [-0.3, -0.25) is 19.2 Å². The van der Waals surface area contributed by atoms with Crippen LogP contribution in [0.3, 0.4) is 0 Å². The molecule has 1 aromatic heterocycles. The van der Waals surface area contributed by atoms with Crippen molar-refractivity contribution in [2.45, 2.75) is 64.0 Å². The molecule has 1 fully saturated rings. The van der Waals surface area contributed by atoms with Gasteiger partial charge in [0.15, 0.2) is 5.82 Å². The van der Waals surface area contributed by atoms with Gasteiger partial charge in [0.1, 0.15) is 18.6 Å². The smallest absolute Gasteiger partial charge is 0.250 e. The highest BCUT2D eigenvalue weighted by Gasteiger charge is 2.34. The highest BCUT2D eigenvalue weighted by Crippen LogP contribution is 2.19. The number of amides is 4. The molecule has 252 valence electrons. The van der Waals surface area contributed by atoms with Crippen LogP contribution in [0.1, 0.15) is 37.8 Å². The summed E-state index contributed by atoms with van der Waals surface area (Å²) in [5, 5.41) is 8.24. The fourth-order valence-electron chi connectivity index (χ4n) is 4.61. The summed E-state index contributed by atoms with van der Waals surface area (Å²) < 4.78 is 7.26. The molecule has 15 heteroatoms. The zero-order valence-corrected chi connectivity index (χ0v) is 28.2. The lowest BCUT2D eigenvalue weighted by Gasteiger charge is -2.24. The van der Waals surface area contributed by atoms with E-state index in [4.69, 9.17) is 10.5 Å². The summed E-state index contributed by atoms with van der Waals surface area (Å²) >= 11 is 0. The van der Waals surface area contributed by atoms with E-state index in [9.17, 15) is 19.2 Å². The van der Waals surface area contributed by atoms with Crippen molar-refractivity contribution in [1.82, 2.24) is 25.1 Å². The number of hydrogen-bond acceptors (Lipinski definition) is 7. The first-order valence-corrected chi connectivity index (χ1v) is 14.3. The van der Waals surface area contributed by atoms with Crippen LogP contribution >= 0.6 is 37.2 Å². The molecule has 1 aliphatic rings. The summed E-state index contributed by atoms with van der Waals surface area (Å²) in [7, 11) is 0. The van der Waals surface area contributed by atoms with Crippen molar-refractivity contribution >= 4 is 66.7 Å². The van der Waals surface area contributed by atoms with Gasteiger partial charge < -0.3 is 35.9 Å². The number of aromatic nitrogens is 2. The van der Waals surface area contributed by atoms with Gasteiger partial charge in [0.2, 0.25) is 17.7 Å². The van der Waals surface area contributed by atoms with E-state index in [1.807, 2.05) is 60.7 Å². The van der Waals surface area contributed by atoms with E-state index >= 15 is 0 Å². The monoisotopic (exact) mass is 697 g/mol. The SMILES string of the molecule is CC(C)(N)C(=O)N[C@H](COCc1ccccc1)C(=O)Nc1cn(CC(=O)N2CCC[C@@H]2C(=O)NCc2ccccc2)cn1.Cl.Cl.Cl. The number of nitrogens with zero attached hydrogens (tertiary/aromatic N) is 3. The van der Waals surface area contributed by atoms with Crippen molar-refractivity contribution in [3.63, 3.8) is 0 Å². The molecule has 4 rings (SSSR count). The number of nitrogens with two attached hydrogens (primary N) is 1. The molecule has 5 N–H and O–H groups in total. The number of benzene rings is 2. The van der Waals surface area contributed by atoms with Crippen molar-refractivity contribution in [3.05, 3.63) is 84.3 Å². The molecule has 0 spiro atoms. The summed E-state index contributed by atoms with van der Waals surface area (Å²) in [4.78, 5) is 57.4.